The minimum atomic E-state index is -3.25. The molecule has 1 atom stereocenters. The standard InChI is InChI=1S/C18H20F2N2O3/c1-12(23)8-13-4-2-7-16(9-13)25-11-18(19,20)14-5-3-6-15(10-14)22-17(21)24/h2-7,9-10,12,23H,8,11H2,1H3,(H3,21,22,24). The third-order valence-electron chi connectivity index (χ3n) is 3.40. The summed E-state index contributed by atoms with van der Waals surface area (Å²) in [6.45, 7) is 0.792. The van der Waals surface area contributed by atoms with Gasteiger partial charge < -0.3 is 20.9 Å². The maximum atomic E-state index is 14.4. The largest absolute Gasteiger partial charge is 0.487 e. The van der Waals surface area contributed by atoms with Crippen LogP contribution in [0.2, 0.25) is 0 Å². The van der Waals surface area contributed by atoms with Gasteiger partial charge in [-0.25, -0.2) is 4.79 Å². The van der Waals surface area contributed by atoms with Gasteiger partial charge in [-0.3, -0.25) is 0 Å². The Labute approximate surface area is 144 Å². The topological polar surface area (TPSA) is 84.6 Å². The SMILES string of the molecule is CC(O)Cc1cccc(OCC(F)(F)c2cccc(NC(N)=O)c2)c1. The molecule has 0 bridgehead atoms. The molecule has 0 aromatic heterocycles. The minimum Gasteiger partial charge on any atom is -0.487 e. The number of hydrogen-bond donors (Lipinski definition) is 3. The van der Waals surface area contributed by atoms with Crippen molar-refractivity contribution in [3.8, 4) is 5.75 Å². The van der Waals surface area contributed by atoms with Crippen LogP contribution >= 0.6 is 0 Å². The lowest BCUT2D eigenvalue weighted by molar-refractivity contribution is -0.0467. The molecule has 5 nitrogen and oxygen atoms in total. The van der Waals surface area contributed by atoms with Gasteiger partial charge in [0, 0.05) is 11.3 Å². The van der Waals surface area contributed by atoms with E-state index in [1.807, 2.05) is 0 Å². The van der Waals surface area contributed by atoms with E-state index in [4.69, 9.17) is 10.5 Å². The molecule has 1 unspecified atom stereocenters. The predicted molar refractivity (Wildman–Crippen MR) is 90.9 cm³/mol. The van der Waals surface area contributed by atoms with Gasteiger partial charge in [-0.15, -0.1) is 0 Å². The van der Waals surface area contributed by atoms with Crippen molar-refractivity contribution in [2.24, 2.45) is 5.73 Å². The lowest BCUT2D eigenvalue weighted by Gasteiger charge is -2.18. The van der Waals surface area contributed by atoms with Crippen molar-refractivity contribution in [1.82, 2.24) is 0 Å². The summed E-state index contributed by atoms with van der Waals surface area (Å²) < 4.78 is 33.9. The number of anilines is 1. The van der Waals surface area contributed by atoms with Crippen LogP contribution in [0.5, 0.6) is 5.75 Å². The third-order valence-corrected chi connectivity index (χ3v) is 3.40. The molecule has 134 valence electrons. The summed E-state index contributed by atoms with van der Waals surface area (Å²) in [6.07, 6.45) is -0.119. The lowest BCUT2D eigenvalue weighted by Crippen LogP contribution is -2.24. The fourth-order valence-corrected chi connectivity index (χ4v) is 2.33. The average Bonchev–Trinajstić information content (AvgIpc) is 2.52. The number of aliphatic hydroxyl groups is 1. The number of hydrogen-bond acceptors (Lipinski definition) is 3. The Kier molecular flexibility index (Phi) is 5.93. The monoisotopic (exact) mass is 350 g/mol. The van der Waals surface area contributed by atoms with Gasteiger partial charge in [0.25, 0.3) is 0 Å². The maximum Gasteiger partial charge on any atom is 0.316 e. The first-order chi connectivity index (χ1) is 11.8. The highest BCUT2D eigenvalue weighted by molar-refractivity contribution is 5.87. The van der Waals surface area contributed by atoms with E-state index in [0.29, 0.717) is 12.2 Å². The molecule has 0 saturated carbocycles. The predicted octanol–water partition coefficient (Wildman–Crippen LogP) is 3.27. The fourth-order valence-electron chi connectivity index (χ4n) is 2.33. The van der Waals surface area contributed by atoms with Crippen LogP contribution in [0, 0.1) is 0 Å². The number of benzene rings is 2. The third kappa shape index (κ3) is 5.72. The number of rotatable bonds is 7. The summed E-state index contributed by atoms with van der Waals surface area (Å²) in [4.78, 5) is 10.8. The van der Waals surface area contributed by atoms with Crippen molar-refractivity contribution in [1.29, 1.82) is 0 Å². The first kappa shape index (κ1) is 18.7. The fraction of sp³-hybridized carbons (Fsp3) is 0.278. The van der Waals surface area contributed by atoms with Crippen molar-refractivity contribution < 1.29 is 23.4 Å². The normalized spacial score (nSPS) is 12.5. The van der Waals surface area contributed by atoms with E-state index >= 15 is 0 Å². The van der Waals surface area contributed by atoms with Crippen molar-refractivity contribution in [3.05, 3.63) is 59.7 Å². The summed E-state index contributed by atoms with van der Waals surface area (Å²) in [7, 11) is 0. The van der Waals surface area contributed by atoms with Crippen molar-refractivity contribution in [2.45, 2.75) is 25.4 Å². The van der Waals surface area contributed by atoms with Crippen LogP contribution in [0.25, 0.3) is 0 Å². The number of primary amides is 1. The van der Waals surface area contributed by atoms with Crippen LogP contribution in [-0.4, -0.2) is 23.8 Å². The van der Waals surface area contributed by atoms with Gasteiger partial charge in [0.2, 0.25) is 0 Å². The Morgan fingerprint density at radius 1 is 1.28 bits per heavy atom. The Hall–Kier alpha value is -2.67. The highest BCUT2D eigenvalue weighted by Gasteiger charge is 2.33. The number of halogens is 2. The molecule has 25 heavy (non-hydrogen) atoms. The molecule has 0 aliphatic rings. The molecule has 2 amide bonds. The Morgan fingerprint density at radius 2 is 2.00 bits per heavy atom. The van der Waals surface area contributed by atoms with Gasteiger partial charge in [-0.1, -0.05) is 24.3 Å². The summed E-state index contributed by atoms with van der Waals surface area (Å²) >= 11 is 0. The molecule has 2 aromatic carbocycles. The van der Waals surface area contributed by atoms with E-state index in [9.17, 15) is 18.7 Å². The van der Waals surface area contributed by atoms with Gasteiger partial charge in [0.15, 0.2) is 6.61 Å². The quantitative estimate of drug-likeness (QED) is 0.716. The van der Waals surface area contributed by atoms with Crippen molar-refractivity contribution in [3.63, 3.8) is 0 Å². The van der Waals surface area contributed by atoms with E-state index in [1.165, 1.54) is 18.2 Å². The van der Waals surface area contributed by atoms with Gasteiger partial charge in [0.1, 0.15) is 5.75 Å². The highest BCUT2D eigenvalue weighted by atomic mass is 19.3. The molecule has 0 aliphatic carbocycles. The smallest absolute Gasteiger partial charge is 0.316 e. The second-order valence-electron chi connectivity index (χ2n) is 5.76. The molecule has 0 saturated heterocycles. The summed E-state index contributed by atoms with van der Waals surface area (Å²) in [6, 6.07) is 11.1. The number of ether oxygens (including phenoxy) is 1. The number of carbonyl (C=O) groups excluding carboxylic acids is 1. The number of urea groups is 1. The highest BCUT2D eigenvalue weighted by Crippen LogP contribution is 2.30. The van der Waals surface area contributed by atoms with Crippen LogP contribution in [0.3, 0.4) is 0 Å². The molecule has 0 heterocycles. The Bertz CT molecular complexity index is 736. The zero-order valence-electron chi connectivity index (χ0n) is 13.7. The number of aliphatic hydroxyl groups excluding tert-OH is 1. The Balaban J connectivity index is 2.07. The van der Waals surface area contributed by atoms with Crippen LogP contribution in [0.1, 0.15) is 18.1 Å². The first-order valence-corrected chi connectivity index (χ1v) is 7.71. The van der Waals surface area contributed by atoms with Gasteiger partial charge in [0.05, 0.1) is 6.10 Å². The summed E-state index contributed by atoms with van der Waals surface area (Å²) in [5.74, 6) is -2.96. The molecule has 7 heteroatoms. The lowest BCUT2D eigenvalue weighted by atomic mass is 10.1. The van der Waals surface area contributed by atoms with E-state index in [-0.39, 0.29) is 11.3 Å². The first-order valence-electron chi connectivity index (χ1n) is 7.71. The number of nitrogens with two attached hydrogens (primary N) is 1. The molecule has 2 aromatic rings. The van der Waals surface area contributed by atoms with Crippen LogP contribution in [0.15, 0.2) is 48.5 Å². The Morgan fingerprint density at radius 3 is 2.68 bits per heavy atom. The van der Waals surface area contributed by atoms with Crippen molar-refractivity contribution in [2.75, 3.05) is 11.9 Å². The number of alkyl halides is 2. The van der Waals surface area contributed by atoms with E-state index in [2.05, 4.69) is 5.32 Å². The number of nitrogens with one attached hydrogen (secondary N) is 1. The molecule has 0 fully saturated rings. The summed E-state index contributed by atoms with van der Waals surface area (Å²) in [5.41, 5.74) is 5.67. The average molecular weight is 350 g/mol. The maximum absolute atomic E-state index is 14.4. The molecule has 0 radical (unpaired) electrons. The zero-order valence-corrected chi connectivity index (χ0v) is 13.7. The van der Waals surface area contributed by atoms with Gasteiger partial charge >= 0.3 is 12.0 Å². The van der Waals surface area contributed by atoms with E-state index in [0.717, 1.165) is 11.6 Å². The van der Waals surface area contributed by atoms with Crippen LogP contribution in [0.4, 0.5) is 19.3 Å². The second kappa shape index (κ2) is 7.94. The molecule has 4 N–H and O–H groups in total. The van der Waals surface area contributed by atoms with Crippen LogP contribution in [-0.2, 0) is 12.3 Å². The molecule has 2 rings (SSSR count). The van der Waals surface area contributed by atoms with Crippen molar-refractivity contribution >= 4 is 11.7 Å². The molecular weight excluding hydrogens is 330 g/mol. The second-order valence-corrected chi connectivity index (χ2v) is 5.76. The van der Waals surface area contributed by atoms with Gasteiger partial charge in [-0.05, 0) is 43.2 Å². The molecular formula is C18H20F2N2O3. The number of carbonyl (C=O) groups is 1. The van der Waals surface area contributed by atoms with Gasteiger partial charge in [-0.2, -0.15) is 8.78 Å². The minimum absolute atomic E-state index is 0.184. The molecule has 0 aliphatic heterocycles. The number of amides is 2. The van der Waals surface area contributed by atoms with E-state index < -0.39 is 24.7 Å². The van der Waals surface area contributed by atoms with Crippen LogP contribution < -0.4 is 15.8 Å². The molecule has 0 spiro atoms. The zero-order chi connectivity index (χ0) is 18.4. The summed E-state index contributed by atoms with van der Waals surface area (Å²) in [5, 5.41) is 11.7. The van der Waals surface area contributed by atoms with E-state index in [1.54, 1.807) is 31.2 Å².